The zero-order valence-electron chi connectivity index (χ0n) is 13.1. The van der Waals surface area contributed by atoms with Gasteiger partial charge in [-0.2, -0.15) is 0 Å². The Morgan fingerprint density at radius 2 is 2.15 bits per heavy atom. The van der Waals surface area contributed by atoms with Gasteiger partial charge in [-0.1, -0.05) is 20.8 Å². The third-order valence-electron chi connectivity index (χ3n) is 4.08. The van der Waals surface area contributed by atoms with Crippen LogP contribution in [0, 0.1) is 11.8 Å². The van der Waals surface area contributed by atoms with E-state index in [1.807, 2.05) is 6.92 Å². The largest absolute Gasteiger partial charge is 0.393 e. The summed E-state index contributed by atoms with van der Waals surface area (Å²) in [7, 11) is 0. The van der Waals surface area contributed by atoms with Crippen LogP contribution in [0.25, 0.3) is 0 Å². The van der Waals surface area contributed by atoms with Crippen LogP contribution < -0.4 is 11.1 Å². The van der Waals surface area contributed by atoms with Gasteiger partial charge < -0.3 is 21.1 Å². The fourth-order valence-corrected chi connectivity index (χ4v) is 2.83. The number of aliphatic hydroxyl groups excluding tert-OH is 1. The van der Waals surface area contributed by atoms with E-state index >= 15 is 0 Å². The molecular formula is C15H31N3O2. The molecule has 1 fully saturated rings. The first-order valence-electron chi connectivity index (χ1n) is 7.88. The Kier molecular flexibility index (Phi) is 7.30. The number of piperidine rings is 1. The van der Waals surface area contributed by atoms with Crippen LogP contribution in [-0.4, -0.2) is 47.8 Å². The van der Waals surface area contributed by atoms with E-state index in [1.54, 1.807) is 4.90 Å². The maximum Gasteiger partial charge on any atom is 0.314 e. The van der Waals surface area contributed by atoms with Crippen LogP contribution >= 0.6 is 0 Å². The van der Waals surface area contributed by atoms with Crippen LogP contribution in [0.15, 0.2) is 0 Å². The van der Waals surface area contributed by atoms with Gasteiger partial charge in [-0.15, -0.1) is 0 Å². The van der Waals surface area contributed by atoms with Crippen molar-refractivity contribution in [2.45, 2.75) is 58.6 Å². The van der Waals surface area contributed by atoms with E-state index in [0.717, 1.165) is 32.2 Å². The molecule has 0 aromatic carbocycles. The lowest BCUT2D eigenvalue weighted by atomic mass is 9.89. The molecule has 20 heavy (non-hydrogen) atoms. The van der Waals surface area contributed by atoms with Crippen molar-refractivity contribution in [1.29, 1.82) is 0 Å². The highest BCUT2D eigenvalue weighted by molar-refractivity contribution is 5.72. The van der Waals surface area contributed by atoms with Crippen LogP contribution in [-0.2, 0) is 0 Å². The summed E-state index contributed by atoms with van der Waals surface area (Å²) in [5, 5.41) is 13.3. The van der Waals surface area contributed by atoms with E-state index < -0.39 is 0 Å². The molecule has 0 radical (unpaired) electrons. The summed E-state index contributed by atoms with van der Waals surface area (Å²) in [5.41, 5.74) is 5.43. The van der Waals surface area contributed by atoms with Gasteiger partial charge in [-0.25, -0.2) is 4.79 Å². The van der Waals surface area contributed by atoms with Gasteiger partial charge in [0, 0.05) is 19.1 Å². The molecule has 4 N–H and O–H groups in total. The van der Waals surface area contributed by atoms with Crippen LogP contribution in [0.3, 0.4) is 0 Å². The maximum atomic E-state index is 11.4. The second kappa shape index (κ2) is 8.47. The topological polar surface area (TPSA) is 78.6 Å². The van der Waals surface area contributed by atoms with Gasteiger partial charge in [0.25, 0.3) is 0 Å². The number of amides is 2. The predicted octanol–water partition coefficient (Wildman–Crippen LogP) is 1.55. The minimum absolute atomic E-state index is 0.274. The highest BCUT2D eigenvalue weighted by atomic mass is 16.3. The van der Waals surface area contributed by atoms with Crippen molar-refractivity contribution in [3.8, 4) is 0 Å². The normalized spacial score (nSPS) is 24.9. The summed E-state index contributed by atoms with van der Waals surface area (Å²) in [4.78, 5) is 13.2. The average Bonchev–Trinajstić information content (AvgIpc) is 2.37. The number of hydrogen-bond donors (Lipinski definition) is 3. The lowest BCUT2D eigenvalue weighted by Gasteiger charge is -2.38. The monoisotopic (exact) mass is 285 g/mol. The smallest absolute Gasteiger partial charge is 0.314 e. The molecule has 5 nitrogen and oxygen atoms in total. The summed E-state index contributed by atoms with van der Waals surface area (Å²) in [6.45, 7) is 8.73. The molecule has 1 saturated heterocycles. The van der Waals surface area contributed by atoms with E-state index in [1.165, 1.54) is 0 Å². The molecule has 1 heterocycles. The minimum Gasteiger partial charge on any atom is -0.393 e. The van der Waals surface area contributed by atoms with Gasteiger partial charge in [-0.05, 0) is 44.1 Å². The molecule has 5 heteroatoms. The van der Waals surface area contributed by atoms with Crippen LogP contribution in [0.1, 0.15) is 46.5 Å². The van der Waals surface area contributed by atoms with Gasteiger partial charge in [0.05, 0.1) is 6.10 Å². The Morgan fingerprint density at radius 1 is 1.45 bits per heavy atom. The molecular weight excluding hydrogens is 254 g/mol. The molecule has 3 atom stereocenters. The van der Waals surface area contributed by atoms with E-state index in [0.29, 0.717) is 31.0 Å². The fourth-order valence-electron chi connectivity index (χ4n) is 2.83. The first-order chi connectivity index (χ1) is 9.42. The van der Waals surface area contributed by atoms with E-state index in [2.05, 4.69) is 19.2 Å². The van der Waals surface area contributed by atoms with Gasteiger partial charge in [-0.3, -0.25) is 0 Å². The number of nitrogens with one attached hydrogen (secondary N) is 1. The number of nitrogens with zero attached hydrogens (tertiary/aromatic N) is 1. The standard InChI is InChI=1S/C15H31N3O2/c1-4-14(19)8-12-7-13(17-6-5-11(2)3)10-18(9-12)15(16)20/h11-14,17,19H,4-10H2,1-3H3,(H2,16,20). The van der Waals surface area contributed by atoms with Crippen molar-refractivity contribution in [3.63, 3.8) is 0 Å². The third kappa shape index (κ3) is 6.09. The zero-order chi connectivity index (χ0) is 15.1. The summed E-state index contributed by atoms with van der Waals surface area (Å²) >= 11 is 0. The van der Waals surface area contributed by atoms with Crippen molar-refractivity contribution in [2.24, 2.45) is 17.6 Å². The van der Waals surface area contributed by atoms with Gasteiger partial charge in [0.1, 0.15) is 0 Å². The Bertz CT molecular complexity index is 297. The molecule has 0 aromatic rings. The van der Waals surface area contributed by atoms with Gasteiger partial charge in [0.15, 0.2) is 0 Å². The SMILES string of the molecule is CCC(O)CC1CC(NCCC(C)C)CN(C(N)=O)C1. The molecule has 0 saturated carbocycles. The maximum absolute atomic E-state index is 11.4. The van der Waals surface area contributed by atoms with Crippen molar-refractivity contribution in [1.82, 2.24) is 10.2 Å². The first kappa shape index (κ1) is 17.2. The molecule has 2 amide bonds. The second-order valence-electron chi connectivity index (χ2n) is 6.48. The highest BCUT2D eigenvalue weighted by Crippen LogP contribution is 2.22. The number of hydrogen-bond acceptors (Lipinski definition) is 3. The molecule has 0 aliphatic carbocycles. The molecule has 3 unspecified atom stereocenters. The zero-order valence-corrected chi connectivity index (χ0v) is 13.1. The molecule has 0 spiro atoms. The third-order valence-corrected chi connectivity index (χ3v) is 4.08. The van der Waals surface area contributed by atoms with Gasteiger partial charge in [0.2, 0.25) is 0 Å². The Labute approximate surface area is 122 Å². The lowest BCUT2D eigenvalue weighted by molar-refractivity contribution is 0.0954. The summed E-state index contributed by atoms with van der Waals surface area (Å²) in [6.07, 6.45) is 3.39. The molecule has 1 aliphatic heterocycles. The first-order valence-corrected chi connectivity index (χ1v) is 7.88. The van der Waals surface area contributed by atoms with E-state index in [9.17, 15) is 9.90 Å². The fraction of sp³-hybridized carbons (Fsp3) is 0.933. The number of urea groups is 1. The summed E-state index contributed by atoms with van der Waals surface area (Å²) in [6, 6.07) is -0.0552. The van der Waals surface area contributed by atoms with Crippen molar-refractivity contribution in [3.05, 3.63) is 0 Å². The number of likely N-dealkylation sites (tertiary alicyclic amines) is 1. The number of carbonyl (C=O) groups excluding carboxylic acids is 1. The molecule has 0 aromatic heterocycles. The van der Waals surface area contributed by atoms with Crippen LogP contribution in [0.2, 0.25) is 0 Å². The number of aliphatic hydroxyl groups is 1. The molecule has 1 rings (SSSR count). The number of primary amides is 1. The number of carbonyl (C=O) groups is 1. The molecule has 0 bridgehead atoms. The lowest BCUT2D eigenvalue weighted by Crippen LogP contribution is -2.53. The van der Waals surface area contributed by atoms with Crippen LogP contribution in [0.5, 0.6) is 0 Å². The van der Waals surface area contributed by atoms with Gasteiger partial charge >= 0.3 is 6.03 Å². The molecule has 118 valence electrons. The Balaban J connectivity index is 2.49. The number of nitrogens with two attached hydrogens (primary N) is 1. The van der Waals surface area contributed by atoms with Crippen LogP contribution in [0.4, 0.5) is 4.79 Å². The number of rotatable bonds is 7. The Morgan fingerprint density at radius 3 is 2.70 bits per heavy atom. The van der Waals surface area contributed by atoms with E-state index in [4.69, 9.17) is 5.73 Å². The van der Waals surface area contributed by atoms with E-state index in [-0.39, 0.29) is 12.1 Å². The quantitative estimate of drug-likeness (QED) is 0.664. The minimum atomic E-state index is -0.351. The summed E-state index contributed by atoms with van der Waals surface area (Å²) < 4.78 is 0. The molecule has 1 aliphatic rings. The summed E-state index contributed by atoms with van der Waals surface area (Å²) in [5.74, 6) is 1.01. The van der Waals surface area contributed by atoms with Crippen molar-refractivity contribution in [2.75, 3.05) is 19.6 Å². The van der Waals surface area contributed by atoms with Crippen molar-refractivity contribution < 1.29 is 9.90 Å². The average molecular weight is 285 g/mol. The second-order valence-corrected chi connectivity index (χ2v) is 6.48. The highest BCUT2D eigenvalue weighted by Gasteiger charge is 2.29. The van der Waals surface area contributed by atoms with Crippen molar-refractivity contribution >= 4 is 6.03 Å². The predicted molar refractivity (Wildman–Crippen MR) is 81.4 cm³/mol. The Hall–Kier alpha value is -0.810.